The number of ether oxygens (including phenoxy) is 1. The predicted molar refractivity (Wildman–Crippen MR) is 83.2 cm³/mol. The first kappa shape index (κ1) is 14.7. The van der Waals surface area contributed by atoms with Crippen molar-refractivity contribution in [3.05, 3.63) is 63.6 Å². The molecular formula is C16H13Cl2NO. The number of benzene rings is 2. The Kier molecular flexibility index (Phi) is 5.31. The third kappa shape index (κ3) is 3.91. The van der Waals surface area contributed by atoms with E-state index in [1.54, 1.807) is 18.2 Å². The molecule has 2 N–H and O–H groups in total. The summed E-state index contributed by atoms with van der Waals surface area (Å²) in [7, 11) is 0. The first-order chi connectivity index (χ1) is 9.70. The molecule has 2 nitrogen and oxygen atoms in total. The Labute approximate surface area is 128 Å². The molecule has 4 heteroatoms. The highest BCUT2D eigenvalue weighted by Gasteiger charge is 2.06. The lowest BCUT2D eigenvalue weighted by Gasteiger charge is -2.09. The Bertz CT molecular complexity index is 622. The van der Waals surface area contributed by atoms with E-state index in [-0.39, 0.29) is 0 Å². The van der Waals surface area contributed by atoms with E-state index < -0.39 is 0 Å². The van der Waals surface area contributed by atoms with Gasteiger partial charge in [-0.25, -0.2) is 0 Å². The summed E-state index contributed by atoms with van der Waals surface area (Å²) >= 11 is 12.1. The van der Waals surface area contributed by atoms with Gasteiger partial charge in [0.25, 0.3) is 0 Å². The van der Waals surface area contributed by atoms with Gasteiger partial charge in [0, 0.05) is 5.56 Å². The summed E-state index contributed by atoms with van der Waals surface area (Å²) in [5.74, 6) is 6.28. The minimum absolute atomic E-state index is 0.357. The minimum Gasteiger partial charge on any atom is -0.486 e. The van der Waals surface area contributed by atoms with E-state index in [0.29, 0.717) is 28.9 Å². The first-order valence-electron chi connectivity index (χ1n) is 6.05. The average molecular weight is 306 g/mol. The largest absolute Gasteiger partial charge is 0.486 e. The van der Waals surface area contributed by atoms with Gasteiger partial charge in [0.15, 0.2) is 5.75 Å². The van der Waals surface area contributed by atoms with Crippen LogP contribution in [0, 0.1) is 11.8 Å². The maximum Gasteiger partial charge on any atom is 0.156 e. The highest BCUT2D eigenvalue weighted by molar-refractivity contribution is 6.37. The van der Waals surface area contributed by atoms with Crippen LogP contribution in [0.4, 0.5) is 0 Å². The molecule has 102 valence electrons. The van der Waals surface area contributed by atoms with Crippen molar-refractivity contribution in [3.8, 4) is 17.6 Å². The van der Waals surface area contributed by atoms with Crippen LogP contribution >= 0.6 is 23.2 Å². The average Bonchev–Trinajstić information content (AvgIpc) is 2.46. The Morgan fingerprint density at radius 3 is 2.25 bits per heavy atom. The lowest BCUT2D eigenvalue weighted by Crippen LogP contribution is -1.97. The van der Waals surface area contributed by atoms with Gasteiger partial charge < -0.3 is 10.5 Å². The smallest absolute Gasteiger partial charge is 0.156 e. The van der Waals surface area contributed by atoms with Gasteiger partial charge in [-0.05, 0) is 29.8 Å². The summed E-state index contributed by atoms with van der Waals surface area (Å²) in [6.45, 7) is 0.754. The van der Waals surface area contributed by atoms with Crippen molar-refractivity contribution in [2.75, 3.05) is 6.54 Å². The zero-order chi connectivity index (χ0) is 14.4. The van der Waals surface area contributed by atoms with Gasteiger partial charge in [-0.2, -0.15) is 0 Å². The SMILES string of the molecule is NCC#Cc1ccc(COc2c(Cl)cccc2Cl)cc1. The van der Waals surface area contributed by atoms with Crippen LogP contribution in [0.3, 0.4) is 0 Å². The zero-order valence-electron chi connectivity index (χ0n) is 10.7. The highest BCUT2D eigenvalue weighted by Crippen LogP contribution is 2.32. The van der Waals surface area contributed by atoms with Crippen LogP contribution < -0.4 is 10.5 Å². The number of rotatable bonds is 3. The van der Waals surface area contributed by atoms with Crippen molar-refractivity contribution in [2.24, 2.45) is 5.73 Å². The molecule has 0 saturated heterocycles. The molecule has 0 amide bonds. The van der Waals surface area contributed by atoms with Crippen LogP contribution in [0.25, 0.3) is 0 Å². The Balaban J connectivity index is 2.04. The number of hydrogen-bond acceptors (Lipinski definition) is 2. The van der Waals surface area contributed by atoms with Crippen molar-refractivity contribution in [2.45, 2.75) is 6.61 Å². The molecule has 2 rings (SSSR count). The Morgan fingerprint density at radius 2 is 1.65 bits per heavy atom. The van der Waals surface area contributed by atoms with Gasteiger partial charge in [-0.15, -0.1) is 0 Å². The standard InChI is InChI=1S/C16H13Cl2NO/c17-14-4-1-5-15(18)16(14)20-11-13-8-6-12(7-9-13)3-2-10-19/h1,4-9H,10-11,19H2. The van der Waals surface area contributed by atoms with Crippen LogP contribution in [0.2, 0.25) is 10.0 Å². The molecule has 20 heavy (non-hydrogen) atoms. The lowest BCUT2D eigenvalue weighted by molar-refractivity contribution is 0.306. The third-order valence-corrected chi connectivity index (χ3v) is 3.19. The van der Waals surface area contributed by atoms with E-state index in [2.05, 4.69) is 11.8 Å². The van der Waals surface area contributed by atoms with E-state index in [4.69, 9.17) is 33.7 Å². The first-order valence-corrected chi connectivity index (χ1v) is 6.81. The van der Waals surface area contributed by atoms with Crippen LogP contribution in [-0.2, 0) is 6.61 Å². The fourth-order valence-corrected chi connectivity index (χ4v) is 2.12. The molecule has 0 atom stereocenters. The molecule has 0 aliphatic carbocycles. The van der Waals surface area contributed by atoms with Crippen molar-refractivity contribution < 1.29 is 4.74 Å². The fraction of sp³-hybridized carbons (Fsp3) is 0.125. The predicted octanol–water partition coefficient (Wildman–Crippen LogP) is 3.88. The molecule has 0 heterocycles. The maximum atomic E-state index is 6.04. The third-order valence-electron chi connectivity index (χ3n) is 2.59. The zero-order valence-corrected chi connectivity index (χ0v) is 12.2. The van der Waals surface area contributed by atoms with Gasteiger partial charge in [-0.1, -0.05) is 53.2 Å². The summed E-state index contributed by atoms with van der Waals surface area (Å²) in [5, 5.41) is 1.01. The van der Waals surface area contributed by atoms with Crippen LogP contribution in [0.1, 0.15) is 11.1 Å². The number of halogens is 2. The van der Waals surface area contributed by atoms with Crippen LogP contribution in [0.15, 0.2) is 42.5 Å². The summed E-state index contributed by atoms with van der Waals surface area (Å²) < 4.78 is 5.65. The quantitative estimate of drug-likeness (QED) is 0.873. The molecule has 0 unspecified atom stereocenters. The second-order valence-electron chi connectivity index (χ2n) is 4.04. The van der Waals surface area contributed by atoms with Gasteiger partial charge in [0.05, 0.1) is 16.6 Å². The van der Waals surface area contributed by atoms with Crippen LogP contribution in [0.5, 0.6) is 5.75 Å². The van der Waals surface area contributed by atoms with E-state index in [9.17, 15) is 0 Å². The Hall–Kier alpha value is -1.66. The molecule has 2 aromatic carbocycles. The molecule has 0 saturated carbocycles. The minimum atomic E-state index is 0.357. The maximum absolute atomic E-state index is 6.04. The monoisotopic (exact) mass is 305 g/mol. The molecule has 0 spiro atoms. The molecular weight excluding hydrogens is 293 g/mol. The van der Waals surface area contributed by atoms with E-state index in [1.807, 2.05) is 24.3 Å². The summed E-state index contributed by atoms with van der Waals surface area (Å²) in [4.78, 5) is 0. The fourth-order valence-electron chi connectivity index (χ4n) is 1.61. The number of hydrogen-bond donors (Lipinski definition) is 1. The van der Waals surface area contributed by atoms with Gasteiger partial charge in [0.2, 0.25) is 0 Å². The molecule has 0 radical (unpaired) electrons. The molecule has 0 bridgehead atoms. The normalized spacial score (nSPS) is 9.75. The molecule has 2 aromatic rings. The van der Waals surface area contributed by atoms with Crippen molar-refractivity contribution in [1.29, 1.82) is 0 Å². The van der Waals surface area contributed by atoms with Gasteiger partial charge in [0.1, 0.15) is 6.61 Å². The highest BCUT2D eigenvalue weighted by atomic mass is 35.5. The van der Waals surface area contributed by atoms with Crippen molar-refractivity contribution >= 4 is 23.2 Å². The van der Waals surface area contributed by atoms with Crippen molar-refractivity contribution in [1.82, 2.24) is 0 Å². The van der Waals surface area contributed by atoms with E-state index in [1.165, 1.54) is 0 Å². The van der Waals surface area contributed by atoms with Crippen molar-refractivity contribution in [3.63, 3.8) is 0 Å². The molecule has 0 aliphatic rings. The topological polar surface area (TPSA) is 35.2 Å². The summed E-state index contributed by atoms with van der Waals surface area (Å²) in [6.07, 6.45) is 0. The van der Waals surface area contributed by atoms with E-state index >= 15 is 0 Å². The Morgan fingerprint density at radius 1 is 1.00 bits per heavy atom. The van der Waals surface area contributed by atoms with Gasteiger partial charge in [-0.3, -0.25) is 0 Å². The second-order valence-corrected chi connectivity index (χ2v) is 4.86. The molecule has 0 aromatic heterocycles. The summed E-state index contributed by atoms with van der Waals surface area (Å²) in [5.41, 5.74) is 7.27. The van der Waals surface area contributed by atoms with Gasteiger partial charge >= 0.3 is 0 Å². The summed E-state index contributed by atoms with van der Waals surface area (Å²) in [6, 6.07) is 13.0. The lowest BCUT2D eigenvalue weighted by atomic mass is 10.1. The number of nitrogens with two attached hydrogens (primary N) is 1. The van der Waals surface area contributed by atoms with Crippen LogP contribution in [-0.4, -0.2) is 6.54 Å². The van der Waals surface area contributed by atoms with E-state index in [0.717, 1.165) is 11.1 Å². The molecule has 0 aliphatic heterocycles. The second kappa shape index (κ2) is 7.21. The molecule has 0 fully saturated rings. The number of para-hydroxylation sites is 1.